The highest BCUT2D eigenvalue weighted by molar-refractivity contribution is 6.31. The first-order valence-electron chi connectivity index (χ1n) is 7.94. The van der Waals surface area contributed by atoms with Gasteiger partial charge in [-0.15, -0.1) is 0 Å². The highest BCUT2D eigenvalue weighted by Crippen LogP contribution is 2.30. The van der Waals surface area contributed by atoms with Crippen LogP contribution in [0.1, 0.15) is 15.9 Å². The van der Waals surface area contributed by atoms with Gasteiger partial charge in [0.1, 0.15) is 13.2 Å². The van der Waals surface area contributed by atoms with Crippen LogP contribution in [0.4, 0.5) is 24.5 Å². The highest BCUT2D eigenvalue weighted by atomic mass is 35.5. The Morgan fingerprint density at radius 2 is 1.66 bits per heavy atom. The molecule has 0 fully saturated rings. The van der Waals surface area contributed by atoms with Crippen LogP contribution in [0.2, 0.25) is 5.02 Å². The number of alkyl halides is 3. The Morgan fingerprint density at radius 3 is 2.28 bits per heavy atom. The van der Waals surface area contributed by atoms with Gasteiger partial charge >= 0.3 is 12.1 Å². The maximum absolute atomic E-state index is 12.7. The van der Waals surface area contributed by atoms with Crippen molar-refractivity contribution in [3.63, 3.8) is 0 Å². The summed E-state index contributed by atoms with van der Waals surface area (Å²) in [5, 5.41) is 13.8. The average Bonchev–Trinajstić information content (AvgIpc) is 2.62. The lowest BCUT2D eigenvalue weighted by molar-refractivity contribution is -0.137. The zero-order chi connectivity index (χ0) is 21.6. The zero-order valence-electron chi connectivity index (χ0n) is 14.5. The summed E-state index contributed by atoms with van der Waals surface area (Å²) in [5.74, 6) is -2.80. The smallest absolute Gasteiger partial charge is 0.416 e. The number of rotatable bonds is 7. The van der Waals surface area contributed by atoms with Crippen molar-refractivity contribution >= 4 is 40.8 Å². The van der Waals surface area contributed by atoms with Gasteiger partial charge in [-0.2, -0.15) is 13.2 Å². The molecule has 2 aromatic rings. The number of amides is 2. The number of aromatic carboxylic acids is 1. The third-order valence-electron chi connectivity index (χ3n) is 3.43. The lowest BCUT2D eigenvalue weighted by Crippen LogP contribution is -2.24. The summed E-state index contributed by atoms with van der Waals surface area (Å²) in [7, 11) is 0. The second kappa shape index (κ2) is 9.39. The first-order chi connectivity index (χ1) is 13.6. The third kappa shape index (κ3) is 6.77. The molecule has 0 saturated carbocycles. The summed E-state index contributed by atoms with van der Waals surface area (Å²) in [6.07, 6.45) is -4.55. The second-order valence-electron chi connectivity index (χ2n) is 5.66. The van der Waals surface area contributed by atoms with Crippen molar-refractivity contribution in [3.8, 4) is 0 Å². The minimum atomic E-state index is -4.55. The van der Waals surface area contributed by atoms with Gasteiger partial charge in [-0.05, 0) is 36.4 Å². The summed E-state index contributed by atoms with van der Waals surface area (Å²) in [6.45, 7) is -1.19. The molecule has 0 atom stereocenters. The average molecular weight is 431 g/mol. The standard InChI is InChI=1S/C18H14ClF3N2O5/c19-11-4-5-14(13(7-11)17(27)28)24-16(26)9-29-8-15(25)23-12-3-1-2-10(6-12)18(20,21)22/h1-7H,8-9H2,(H,23,25)(H,24,26)(H,27,28). The Balaban J connectivity index is 1.85. The molecule has 2 rings (SSSR count). The summed E-state index contributed by atoms with van der Waals surface area (Å²) in [4.78, 5) is 34.8. The maximum Gasteiger partial charge on any atom is 0.416 e. The van der Waals surface area contributed by atoms with E-state index < -0.39 is 42.7 Å². The first-order valence-corrected chi connectivity index (χ1v) is 8.31. The maximum atomic E-state index is 12.7. The fourth-order valence-corrected chi connectivity index (χ4v) is 2.37. The number of carboxylic acid groups (broad SMARTS) is 1. The Labute approximate surface area is 167 Å². The molecule has 0 heterocycles. The van der Waals surface area contributed by atoms with Crippen LogP contribution in [-0.2, 0) is 20.5 Å². The van der Waals surface area contributed by atoms with E-state index in [1.54, 1.807) is 0 Å². The van der Waals surface area contributed by atoms with Crippen LogP contribution in [0.25, 0.3) is 0 Å². The highest BCUT2D eigenvalue weighted by Gasteiger charge is 2.30. The molecule has 0 aliphatic heterocycles. The van der Waals surface area contributed by atoms with Crippen molar-refractivity contribution in [2.75, 3.05) is 23.8 Å². The molecule has 0 aromatic heterocycles. The fourth-order valence-electron chi connectivity index (χ4n) is 2.20. The number of ether oxygens (including phenoxy) is 1. The largest absolute Gasteiger partial charge is 0.478 e. The van der Waals surface area contributed by atoms with Crippen molar-refractivity contribution in [2.45, 2.75) is 6.18 Å². The molecule has 0 bridgehead atoms. The van der Waals surface area contributed by atoms with Gasteiger partial charge in [-0.1, -0.05) is 17.7 Å². The van der Waals surface area contributed by atoms with Gasteiger partial charge in [0.2, 0.25) is 11.8 Å². The molecule has 0 radical (unpaired) electrons. The van der Waals surface area contributed by atoms with Crippen LogP contribution in [0, 0.1) is 0 Å². The molecule has 3 N–H and O–H groups in total. The number of carboxylic acids is 1. The molecule has 2 aromatic carbocycles. The Kier molecular flexibility index (Phi) is 7.18. The van der Waals surface area contributed by atoms with E-state index >= 15 is 0 Å². The molecule has 0 aliphatic carbocycles. The number of nitrogens with one attached hydrogen (secondary N) is 2. The van der Waals surface area contributed by atoms with Crippen LogP contribution in [-0.4, -0.2) is 36.1 Å². The molecular weight excluding hydrogens is 417 g/mol. The summed E-state index contributed by atoms with van der Waals surface area (Å²) in [5.41, 5.74) is -1.24. The number of hydrogen-bond donors (Lipinski definition) is 3. The monoisotopic (exact) mass is 430 g/mol. The number of carbonyl (C=O) groups excluding carboxylic acids is 2. The number of anilines is 2. The topological polar surface area (TPSA) is 105 Å². The molecule has 11 heteroatoms. The van der Waals surface area contributed by atoms with E-state index in [0.717, 1.165) is 24.3 Å². The van der Waals surface area contributed by atoms with E-state index in [1.165, 1.54) is 18.2 Å². The summed E-state index contributed by atoms with van der Waals surface area (Å²) in [6, 6.07) is 7.86. The van der Waals surface area contributed by atoms with Gasteiger partial charge in [0.05, 0.1) is 16.8 Å². The van der Waals surface area contributed by atoms with Crippen LogP contribution in [0.5, 0.6) is 0 Å². The first kappa shape index (κ1) is 22.2. The minimum absolute atomic E-state index is 0.0103. The van der Waals surface area contributed by atoms with Crippen LogP contribution >= 0.6 is 11.6 Å². The predicted octanol–water partition coefficient (Wildman–Crippen LogP) is 3.65. The van der Waals surface area contributed by atoms with Crippen LogP contribution in [0.15, 0.2) is 42.5 Å². The lowest BCUT2D eigenvalue weighted by Gasteiger charge is -2.11. The zero-order valence-corrected chi connectivity index (χ0v) is 15.3. The van der Waals surface area contributed by atoms with E-state index in [9.17, 15) is 27.6 Å². The van der Waals surface area contributed by atoms with Gasteiger partial charge in [0.15, 0.2) is 0 Å². The molecule has 29 heavy (non-hydrogen) atoms. The number of hydrogen-bond acceptors (Lipinski definition) is 4. The molecule has 0 aliphatic rings. The van der Waals surface area contributed by atoms with Crippen molar-refractivity contribution in [3.05, 3.63) is 58.6 Å². The van der Waals surface area contributed by atoms with Crippen molar-refractivity contribution in [2.24, 2.45) is 0 Å². The van der Waals surface area contributed by atoms with Gasteiger partial charge in [-0.3, -0.25) is 9.59 Å². The van der Waals surface area contributed by atoms with Crippen molar-refractivity contribution in [1.29, 1.82) is 0 Å². The number of benzene rings is 2. The molecular formula is C18H14ClF3N2O5. The second-order valence-corrected chi connectivity index (χ2v) is 6.10. The molecule has 154 valence electrons. The Morgan fingerprint density at radius 1 is 1.00 bits per heavy atom. The Hall–Kier alpha value is -3.11. The van der Waals surface area contributed by atoms with Crippen LogP contribution in [0.3, 0.4) is 0 Å². The van der Waals surface area contributed by atoms with Gasteiger partial charge in [-0.25, -0.2) is 4.79 Å². The lowest BCUT2D eigenvalue weighted by atomic mass is 10.2. The minimum Gasteiger partial charge on any atom is -0.478 e. The number of carbonyl (C=O) groups is 3. The van der Waals surface area contributed by atoms with E-state index in [1.807, 2.05) is 0 Å². The van der Waals surface area contributed by atoms with E-state index in [4.69, 9.17) is 21.4 Å². The van der Waals surface area contributed by atoms with Gasteiger partial charge in [0.25, 0.3) is 0 Å². The molecule has 0 spiro atoms. The quantitative estimate of drug-likeness (QED) is 0.622. The van der Waals surface area contributed by atoms with E-state index in [0.29, 0.717) is 0 Å². The van der Waals surface area contributed by atoms with Gasteiger partial charge < -0.3 is 20.5 Å². The number of halogens is 4. The molecule has 2 amide bonds. The fraction of sp³-hybridized carbons (Fsp3) is 0.167. The SMILES string of the molecule is O=C(COCC(=O)Nc1ccc(Cl)cc1C(=O)O)Nc1cccc(C(F)(F)F)c1. The van der Waals surface area contributed by atoms with E-state index in [-0.39, 0.29) is 22.0 Å². The third-order valence-corrected chi connectivity index (χ3v) is 3.66. The van der Waals surface area contributed by atoms with E-state index in [2.05, 4.69) is 10.6 Å². The van der Waals surface area contributed by atoms with Crippen molar-refractivity contribution < 1.29 is 37.4 Å². The summed E-state index contributed by atoms with van der Waals surface area (Å²) < 4.78 is 42.9. The predicted molar refractivity (Wildman–Crippen MR) is 97.9 cm³/mol. The summed E-state index contributed by atoms with van der Waals surface area (Å²) >= 11 is 5.71. The van der Waals surface area contributed by atoms with Gasteiger partial charge in [0, 0.05) is 10.7 Å². The van der Waals surface area contributed by atoms with Crippen molar-refractivity contribution in [1.82, 2.24) is 0 Å². The molecule has 0 saturated heterocycles. The Bertz CT molecular complexity index is 934. The molecule has 0 unspecified atom stereocenters. The molecule has 7 nitrogen and oxygen atoms in total. The normalized spacial score (nSPS) is 11.0. The van der Waals surface area contributed by atoms with Crippen LogP contribution < -0.4 is 10.6 Å².